The molecule has 1 fully saturated rings. The van der Waals surface area contributed by atoms with Gasteiger partial charge in [-0.25, -0.2) is 9.78 Å². The predicted molar refractivity (Wildman–Crippen MR) is 119 cm³/mol. The molecule has 0 spiro atoms. The summed E-state index contributed by atoms with van der Waals surface area (Å²) in [6.45, 7) is 4.65. The van der Waals surface area contributed by atoms with E-state index in [-0.39, 0.29) is 5.97 Å². The average molecular weight is 411 g/mol. The standard InChI is InChI=1S/C22H26N4O2S/c1-24-8-10-25(11-9-24)18-4-3-5-19(15-18)26-16-23-20-14-17(6-7-21(20)26)22(27)28-12-13-29-2/h3-7,14-16H,8-13H2,1-2H3. The number of carbonyl (C=O) groups is 1. The minimum Gasteiger partial charge on any atom is -0.461 e. The third kappa shape index (κ3) is 4.41. The number of aromatic nitrogens is 2. The first kappa shape index (κ1) is 19.8. The monoisotopic (exact) mass is 410 g/mol. The van der Waals surface area contributed by atoms with Crippen LogP contribution in [0.15, 0.2) is 48.8 Å². The summed E-state index contributed by atoms with van der Waals surface area (Å²) in [6.07, 6.45) is 3.81. The Kier molecular flexibility index (Phi) is 6.06. The average Bonchev–Trinajstić information content (AvgIpc) is 3.18. The van der Waals surface area contributed by atoms with Crippen LogP contribution in [0.3, 0.4) is 0 Å². The molecule has 7 heteroatoms. The Morgan fingerprint density at radius 3 is 2.69 bits per heavy atom. The molecule has 0 unspecified atom stereocenters. The minimum atomic E-state index is -0.299. The molecular weight excluding hydrogens is 384 g/mol. The van der Waals surface area contributed by atoms with E-state index in [1.807, 2.05) is 24.7 Å². The summed E-state index contributed by atoms with van der Waals surface area (Å²) < 4.78 is 7.36. The van der Waals surface area contributed by atoms with E-state index in [0.29, 0.717) is 12.2 Å². The molecule has 1 saturated heterocycles. The van der Waals surface area contributed by atoms with Gasteiger partial charge in [0.25, 0.3) is 0 Å². The molecule has 3 aromatic rings. The number of thioether (sulfide) groups is 1. The fraction of sp³-hybridized carbons (Fsp3) is 0.364. The normalized spacial score (nSPS) is 15.0. The minimum absolute atomic E-state index is 0.299. The van der Waals surface area contributed by atoms with Gasteiger partial charge in [-0.15, -0.1) is 0 Å². The van der Waals surface area contributed by atoms with Crippen LogP contribution in [0.1, 0.15) is 10.4 Å². The number of hydrogen-bond acceptors (Lipinski definition) is 6. The van der Waals surface area contributed by atoms with E-state index in [1.165, 1.54) is 5.69 Å². The van der Waals surface area contributed by atoms with E-state index >= 15 is 0 Å². The first-order valence-corrected chi connectivity index (χ1v) is 11.2. The molecule has 2 aromatic carbocycles. The molecule has 0 bridgehead atoms. The van der Waals surface area contributed by atoms with Gasteiger partial charge in [-0.05, 0) is 49.7 Å². The van der Waals surface area contributed by atoms with Gasteiger partial charge in [0, 0.05) is 43.3 Å². The van der Waals surface area contributed by atoms with Crippen LogP contribution in [0.4, 0.5) is 5.69 Å². The van der Waals surface area contributed by atoms with Crippen LogP contribution in [-0.4, -0.2) is 72.3 Å². The van der Waals surface area contributed by atoms with Gasteiger partial charge in [0.2, 0.25) is 0 Å². The van der Waals surface area contributed by atoms with Gasteiger partial charge in [-0.2, -0.15) is 11.8 Å². The molecule has 152 valence electrons. The van der Waals surface area contributed by atoms with E-state index in [1.54, 1.807) is 17.8 Å². The molecule has 0 radical (unpaired) electrons. The summed E-state index contributed by atoms with van der Waals surface area (Å²) >= 11 is 1.66. The second kappa shape index (κ2) is 8.88. The van der Waals surface area contributed by atoms with Crippen molar-refractivity contribution in [2.45, 2.75) is 0 Å². The molecular formula is C22H26N4O2S. The van der Waals surface area contributed by atoms with Gasteiger partial charge in [0.1, 0.15) is 12.9 Å². The maximum absolute atomic E-state index is 12.2. The third-order valence-electron chi connectivity index (χ3n) is 5.28. The molecule has 6 nitrogen and oxygen atoms in total. The van der Waals surface area contributed by atoms with E-state index < -0.39 is 0 Å². The summed E-state index contributed by atoms with van der Waals surface area (Å²) in [5.74, 6) is 0.499. The molecule has 0 N–H and O–H groups in total. The fourth-order valence-electron chi connectivity index (χ4n) is 3.55. The lowest BCUT2D eigenvalue weighted by Gasteiger charge is -2.34. The van der Waals surface area contributed by atoms with Gasteiger partial charge >= 0.3 is 5.97 Å². The van der Waals surface area contributed by atoms with Crippen LogP contribution in [0.5, 0.6) is 0 Å². The van der Waals surface area contributed by atoms with Crippen LogP contribution in [0, 0.1) is 0 Å². The highest BCUT2D eigenvalue weighted by Crippen LogP contribution is 2.24. The van der Waals surface area contributed by atoms with Crippen LogP contribution in [-0.2, 0) is 4.74 Å². The molecule has 0 amide bonds. The summed E-state index contributed by atoms with van der Waals surface area (Å²) in [5, 5.41) is 0. The first-order valence-electron chi connectivity index (χ1n) is 9.83. The highest BCUT2D eigenvalue weighted by atomic mass is 32.2. The van der Waals surface area contributed by atoms with Gasteiger partial charge in [0.15, 0.2) is 0 Å². The number of nitrogens with zero attached hydrogens (tertiary/aromatic N) is 4. The number of carbonyl (C=O) groups excluding carboxylic acids is 1. The number of benzene rings is 2. The Morgan fingerprint density at radius 2 is 1.90 bits per heavy atom. The van der Waals surface area contributed by atoms with Gasteiger partial charge in [-0.1, -0.05) is 6.07 Å². The Morgan fingerprint density at radius 1 is 1.10 bits per heavy atom. The number of ether oxygens (including phenoxy) is 1. The van der Waals surface area contributed by atoms with Crippen molar-refractivity contribution in [2.75, 3.05) is 56.7 Å². The van der Waals surface area contributed by atoms with E-state index in [0.717, 1.165) is 48.7 Å². The third-order valence-corrected chi connectivity index (χ3v) is 5.85. The number of rotatable bonds is 6. The number of anilines is 1. The van der Waals surface area contributed by atoms with Crippen molar-refractivity contribution in [2.24, 2.45) is 0 Å². The Labute approximate surface area is 175 Å². The van der Waals surface area contributed by atoms with Crippen molar-refractivity contribution < 1.29 is 9.53 Å². The molecule has 0 atom stereocenters. The number of esters is 1. The lowest BCUT2D eigenvalue weighted by molar-refractivity contribution is 0.0530. The summed E-state index contributed by atoms with van der Waals surface area (Å²) in [7, 11) is 2.16. The zero-order valence-electron chi connectivity index (χ0n) is 16.9. The quantitative estimate of drug-likeness (QED) is 0.459. The molecule has 1 aliphatic heterocycles. The van der Waals surface area contributed by atoms with Crippen LogP contribution < -0.4 is 4.90 Å². The van der Waals surface area contributed by atoms with Gasteiger partial charge in [-0.3, -0.25) is 4.57 Å². The maximum atomic E-state index is 12.2. The smallest absolute Gasteiger partial charge is 0.338 e. The Balaban J connectivity index is 1.57. The molecule has 4 rings (SSSR count). The van der Waals surface area contributed by atoms with Crippen molar-refractivity contribution in [1.29, 1.82) is 0 Å². The first-order chi connectivity index (χ1) is 14.2. The van der Waals surface area contributed by atoms with Crippen LogP contribution >= 0.6 is 11.8 Å². The number of piperazine rings is 1. The SMILES string of the molecule is CSCCOC(=O)c1ccc2c(c1)ncn2-c1cccc(N2CCN(C)CC2)c1. The van der Waals surface area contributed by atoms with E-state index in [9.17, 15) is 4.79 Å². The summed E-state index contributed by atoms with van der Waals surface area (Å²) in [4.78, 5) is 21.5. The lowest BCUT2D eigenvalue weighted by Crippen LogP contribution is -2.44. The van der Waals surface area contributed by atoms with Crippen molar-refractivity contribution in [1.82, 2.24) is 14.5 Å². The van der Waals surface area contributed by atoms with Crippen molar-refractivity contribution in [3.05, 3.63) is 54.4 Å². The van der Waals surface area contributed by atoms with Gasteiger partial charge in [0.05, 0.1) is 16.6 Å². The second-order valence-corrected chi connectivity index (χ2v) is 8.24. The zero-order chi connectivity index (χ0) is 20.2. The molecule has 1 aliphatic rings. The lowest BCUT2D eigenvalue weighted by atomic mass is 10.2. The summed E-state index contributed by atoms with van der Waals surface area (Å²) in [6, 6.07) is 14.1. The largest absolute Gasteiger partial charge is 0.461 e. The fourth-order valence-corrected chi connectivity index (χ4v) is 3.80. The second-order valence-electron chi connectivity index (χ2n) is 7.26. The number of imidazole rings is 1. The van der Waals surface area contributed by atoms with E-state index in [4.69, 9.17) is 4.74 Å². The van der Waals surface area contributed by atoms with Crippen LogP contribution in [0.25, 0.3) is 16.7 Å². The molecule has 2 heterocycles. The molecule has 1 aromatic heterocycles. The van der Waals surface area contributed by atoms with Crippen molar-refractivity contribution in [3.63, 3.8) is 0 Å². The molecule has 0 aliphatic carbocycles. The maximum Gasteiger partial charge on any atom is 0.338 e. The number of likely N-dealkylation sites (N-methyl/N-ethyl adjacent to an activating group) is 1. The number of fused-ring (bicyclic) bond motifs is 1. The predicted octanol–water partition coefficient (Wildman–Crippen LogP) is 3.30. The highest BCUT2D eigenvalue weighted by Gasteiger charge is 2.16. The molecule has 29 heavy (non-hydrogen) atoms. The zero-order valence-corrected chi connectivity index (χ0v) is 17.7. The van der Waals surface area contributed by atoms with E-state index in [2.05, 4.69) is 50.7 Å². The van der Waals surface area contributed by atoms with Gasteiger partial charge < -0.3 is 14.5 Å². The Hall–Kier alpha value is -2.51. The Bertz CT molecular complexity index is 995. The van der Waals surface area contributed by atoms with Crippen molar-refractivity contribution in [3.8, 4) is 5.69 Å². The van der Waals surface area contributed by atoms with Crippen molar-refractivity contribution >= 4 is 34.5 Å². The highest BCUT2D eigenvalue weighted by molar-refractivity contribution is 7.98. The summed E-state index contributed by atoms with van der Waals surface area (Å²) in [5.41, 5.74) is 4.59. The number of hydrogen-bond donors (Lipinski definition) is 0. The topological polar surface area (TPSA) is 50.6 Å². The van der Waals surface area contributed by atoms with Crippen LogP contribution in [0.2, 0.25) is 0 Å². The molecule has 0 saturated carbocycles.